The fourth-order valence-corrected chi connectivity index (χ4v) is 0.420. The fourth-order valence-electron chi connectivity index (χ4n) is 0.420. The van der Waals surface area contributed by atoms with Crippen molar-refractivity contribution in [1.29, 1.82) is 0 Å². The molecule has 0 bridgehead atoms. The van der Waals surface area contributed by atoms with Crippen molar-refractivity contribution in [2.75, 3.05) is 19.8 Å². The summed E-state index contributed by atoms with van der Waals surface area (Å²) < 4.78 is 8.82. The molecule has 0 aliphatic rings. The third-order valence-electron chi connectivity index (χ3n) is 0.745. The third kappa shape index (κ3) is 6.79. The predicted octanol–water partition coefficient (Wildman–Crippen LogP) is -1.68. The molecule has 5 nitrogen and oxygen atoms in total. The summed E-state index contributed by atoms with van der Waals surface area (Å²) in [6, 6.07) is 0. The number of rotatable bonds is 5. The van der Waals surface area contributed by atoms with Gasteiger partial charge in [-0.2, -0.15) is 0 Å². The van der Waals surface area contributed by atoms with Gasteiger partial charge in [-0.3, -0.25) is 0 Å². The number of carbonyl (C=O) groups excluding carboxylic acids is 2. The van der Waals surface area contributed by atoms with Crippen LogP contribution in [0.2, 0.25) is 0 Å². The van der Waals surface area contributed by atoms with Crippen molar-refractivity contribution in [2.45, 2.75) is 6.92 Å². The van der Waals surface area contributed by atoms with E-state index in [0.29, 0.717) is 0 Å². The van der Waals surface area contributed by atoms with Crippen molar-refractivity contribution in [3.8, 4) is 0 Å². The van der Waals surface area contributed by atoms with Crippen LogP contribution in [0.3, 0.4) is 0 Å². The Bertz CT molecular complexity index is 142. The Morgan fingerprint density at radius 1 is 1.36 bits per heavy atom. The molecule has 0 saturated heterocycles. The van der Waals surface area contributed by atoms with Crippen molar-refractivity contribution >= 4 is 11.9 Å². The molecule has 0 rings (SSSR count). The summed E-state index contributed by atoms with van der Waals surface area (Å²) >= 11 is 0. The second-order valence-electron chi connectivity index (χ2n) is 1.67. The average molecular weight is 161 g/mol. The van der Waals surface area contributed by atoms with E-state index in [-0.39, 0.29) is 13.2 Å². The number of carboxylic acids is 1. The van der Waals surface area contributed by atoms with Crippen molar-refractivity contribution in [3.63, 3.8) is 0 Å². The molecule has 0 atom stereocenters. The van der Waals surface area contributed by atoms with Gasteiger partial charge in [0.1, 0.15) is 6.61 Å². The van der Waals surface area contributed by atoms with E-state index in [1.54, 1.807) is 6.92 Å². The second-order valence-corrected chi connectivity index (χ2v) is 1.67. The Kier molecular flexibility index (Phi) is 5.10. The summed E-state index contributed by atoms with van der Waals surface area (Å²) in [4.78, 5) is 20.2. The first-order valence-electron chi connectivity index (χ1n) is 3.10. The number of carboxylic acid groups (broad SMARTS) is 1. The summed E-state index contributed by atoms with van der Waals surface area (Å²) in [5, 5.41) is 9.75. The Labute approximate surface area is 63.9 Å². The predicted molar refractivity (Wildman–Crippen MR) is 32.5 cm³/mol. The lowest BCUT2D eigenvalue weighted by atomic mass is 10.7. The van der Waals surface area contributed by atoms with Gasteiger partial charge in [-0.25, -0.2) is 4.79 Å². The molecule has 0 aromatic heterocycles. The highest BCUT2D eigenvalue weighted by Gasteiger charge is 1.99. The third-order valence-corrected chi connectivity index (χ3v) is 0.745. The molecule has 0 fully saturated rings. The Morgan fingerprint density at radius 2 is 2.00 bits per heavy atom. The molecule has 0 aromatic carbocycles. The van der Waals surface area contributed by atoms with Crippen LogP contribution in [-0.4, -0.2) is 31.8 Å². The first-order chi connectivity index (χ1) is 5.16. The van der Waals surface area contributed by atoms with E-state index in [1.807, 2.05) is 0 Å². The highest BCUT2D eigenvalue weighted by molar-refractivity contribution is 5.71. The topological polar surface area (TPSA) is 75.7 Å². The Morgan fingerprint density at radius 3 is 2.45 bits per heavy atom. The fraction of sp³-hybridized carbons (Fsp3) is 0.667. The van der Waals surface area contributed by atoms with Gasteiger partial charge in [0.15, 0.2) is 0 Å². The van der Waals surface area contributed by atoms with Gasteiger partial charge in [-0.05, 0) is 6.92 Å². The van der Waals surface area contributed by atoms with Gasteiger partial charge in [0, 0.05) is 0 Å². The summed E-state index contributed by atoms with van der Waals surface area (Å²) in [5.74, 6) is -1.93. The summed E-state index contributed by atoms with van der Waals surface area (Å²) in [7, 11) is 0. The van der Waals surface area contributed by atoms with Crippen LogP contribution in [0.5, 0.6) is 0 Å². The van der Waals surface area contributed by atoms with E-state index in [9.17, 15) is 14.7 Å². The SMILES string of the molecule is CCOC(=O)COCC(=O)[O-]. The van der Waals surface area contributed by atoms with Crippen LogP contribution in [0.1, 0.15) is 6.92 Å². The lowest BCUT2D eigenvalue weighted by molar-refractivity contribution is -0.309. The van der Waals surface area contributed by atoms with Gasteiger partial charge in [-0.15, -0.1) is 0 Å². The highest BCUT2D eigenvalue weighted by Crippen LogP contribution is 1.79. The summed E-state index contributed by atoms with van der Waals surface area (Å²) in [5.41, 5.74) is 0. The molecule has 0 aromatic rings. The van der Waals surface area contributed by atoms with Crippen LogP contribution >= 0.6 is 0 Å². The van der Waals surface area contributed by atoms with Crippen LogP contribution in [0.15, 0.2) is 0 Å². The van der Waals surface area contributed by atoms with E-state index >= 15 is 0 Å². The zero-order valence-corrected chi connectivity index (χ0v) is 6.16. The van der Waals surface area contributed by atoms with Crippen molar-refractivity contribution in [2.24, 2.45) is 0 Å². The molecule has 0 amide bonds. The molecule has 0 spiro atoms. The zero-order valence-electron chi connectivity index (χ0n) is 6.16. The zero-order chi connectivity index (χ0) is 8.69. The molecule has 64 valence electrons. The van der Waals surface area contributed by atoms with Crippen LogP contribution in [0.4, 0.5) is 0 Å². The minimum Gasteiger partial charge on any atom is -0.548 e. The first kappa shape index (κ1) is 9.90. The number of ether oxygens (including phenoxy) is 2. The number of hydrogen-bond acceptors (Lipinski definition) is 5. The monoisotopic (exact) mass is 161 g/mol. The highest BCUT2D eigenvalue weighted by atomic mass is 16.6. The maximum absolute atomic E-state index is 10.5. The van der Waals surface area contributed by atoms with Crippen LogP contribution in [0, 0.1) is 0 Å². The molecule has 0 unspecified atom stereocenters. The quantitative estimate of drug-likeness (QED) is 0.450. The standard InChI is InChI=1S/C6H10O5/c1-2-11-6(9)4-10-3-5(7)8/h2-4H2,1H3,(H,7,8)/p-1. The maximum atomic E-state index is 10.5. The summed E-state index contributed by atoms with van der Waals surface area (Å²) in [6.45, 7) is 0.977. The van der Waals surface area contributed by atoms with Gasteiger partial charge >= 0.3 is 5.97 Å². The maximum Gasteiger partial charge on any atom is 0.332 e. The van der Waals surface area contributed by atoms with Crippen molar-refractivity contribution in [3.05, 3.63) is 0 Å². The van der Waals surface area contributed by atoms with Gasteiger partial charge in [0.25, 0.3) is 0 Å². The van der Waals surface area contributed by atoms with Crippen molar-refractivity contribution in [1.82, 2.24) is 0 Å². The molecule has 0 radical (unpaired) electrons. The molecule has 0 aliphatic carbocycles. The largest absolute Gasteiger partial charge is 0.548 e. The van der Waals surface area contributed by atoms with Gasteiger partial charge < -0.3 is 19.4 Å². The number of hydrogen-bond donors (Lipinski definition) is 0. The minimum absolute atomic E-state index is 0.257. The van der Waals surface area contributed by atoms with E-state index in [2.05, 4.69) is 9.47 Å². The number of carbonyl (C=O) groups is 2. The van der Waals surface area contributed by atoms with Gasteiger partial charge in [0.2, 0.25) is 0 Å². The molecule has 0 N–H and O–H groups in total. The second kappa shape index (κ2) is 5.67. The van der Waals surface area contributed by atoms with Crippen molar-refractivity contribution < 1.29 is 24.2 Å². The van der Waals surface area contributed by atoms with Gasteiger partial charge in [-0.1, -0.05) is 0 Å². The minimum atomic E-state index is -1.35. The molecule has 0 saturated carbocycles. The molecular formula is C6H9O5-. The molecule has 0 heterocycles. The smallest absolute Gasteiger partial charge is 0.332 e. The van der Waals surface area contributed by atoms with Crippen LogP contribution < -0.4 is 5.11 Å². The molecular weight excluding hydrogens is 152 g/mol. The Hall–Kier alpha value is -1.10. The lowest BCUT2D eigenvalue weighted by Crippen LogP contribution is -2.29. The van der Waals surface area contributed by atoms with Crippen LogP contribution in [0.25, 0.3) is 0 Å². The van der Waals surface area contributed by atoms with E-state index in [1.165, 1.54) is 0 Å². The molecule has 5 heteroatoms. The molecule has 11 heavy (non-hydrogen) atoms. The average Bonchev–Trinajstić information content (AvgIpc) is 1.87. The molecule has 0 aliphatic heterocycles. The normalized spacial score (nSPS) is 9.18. The lowest BCUT2D eigenvalue weighted by Gasteiger charge is -2.03. The van der Waals surface area contributed by atoms with Gasteiger partial charge in [0.05, 0.1) is 19.2 Å². The summed E-state index contributed by atoms with van der Waals surface area (Å²) in [6.07, 6.45) is 0. The van der Waals surface area contributed by atoms with E-state index in [4.69, 9.17) is 0 Å². The Balaban J connectivity index is 3.24. The van der Waals surface area contributed by atoms with Crippen LogP contribution in [-0.2, 0) is 19.1 Å². The van der Waals surface area contributed by atoms with E-state index in [0.717, 1.165) is 0 Å². The first-order valence-corrected chi connectivity index (χ1v) is 3.10. The number of esters is 1. The number of aliphatic carboxylic acids is 1. The van der Waals surface area contributed by atoms with E-state index < -0.39 is 18.5 Å².